The Morgan fingerprint density at radius 2 is 0.400 bits per heavy atom. The molecule has 0 aliphatic heterocycles. The van der Waals surface area contributed by atoms with Crippen molar-refractivity contribution < 1.29 is 86.8 Å². The van der Waals surface area contributed by atoms with Crippen molar-refractivity contribution in [2.75, 3.05) is 0 Å². The number of rotatable bonds is 0. The standard InChI is InChI=1S/Al.Ca.7ClH.Mg/h;;7*1H;/q+3;+2;;;;;;;;+2/p-7. The van der Waals surface area contributed by atoms with Crippen LogP contribution >= 0.6 is 0 Å². The quantitative estimate of drug-likeness (QED) is 0.385. The van der Waals surface area contributed by atoms with Crippen LogP contribution in [0.15, 0.2) is 0 Å². The summed E-state index contributed by atoms with van der Waals surface area (Å²) < 4.78 is 0. The number of hydrogen-bond donors (Lipinski definition) is 0. The zero-order chi connectivity index (χ0) is 0. The summed E-state index contributed by atoms with van der Waals surface area (Å²) in [6, 6.07) is 0. The molecule has 0 fully saturated rings. The van der Waals surface area contributed by atoms with E-state index in [0.29, 0.717) is 0 Å². The van der Waals surface area contributed by atoms with Crippen LogP contribution in [-0.4, -0.2) is 78.2 Å². The molecular formula is AlCaCl7Mg. The normalized spacial score (nSPS) is 0. The van der Waals surface area contributed by atoms with Crippen LogP contribution in [0.2, 0.25) is 0 Å². The Morgan fingerprint density at radius 1 is 0.400 bits per heavy atom. The van der Waals surface area contributed by atoms with Gasteiger partial charge in [0.1, 0.15) is 0 Å². The molecule has 56 valence electrons. The fourth-order valence-electron chi connectivity index (χ4n) is 0. The maximum Gasteiger partial charge on any atom is 3.00 e. The van der Waals surface area contributed by atoms with E-state index in [1.54, 1.807) is 0 Å². The van der Waals surface area contributed by atoms with Crippen LogP contribution in [0.4, 0.5) is 0 Å². The maximum atomic E-state index is 0. The van der Waals surface area contributed by atoms with Crippen LogP contribution < -0.4 is 86.8 Å². The predicted molar refractivity (Wildman–Crippen MR) is 17.3 cm³/mol. The molecule has 0 saturated heterocycles. The van der Waals surface area contributed by atoms with Crippen molar-refractivity contribution in [3.05, 3.63) is 0 Å². The molecule has 0 amide bonds. The smallest absolute Gasteiger partial charge is 1.00 e. The minimum atomic E-state index is 0. The Balaban J connectivity index is 0. The fraction of sp³-hybridized carbons (Fsp3) is 0. The number of hydrogen-bond acceptors (Lipinski definition) is 0. The van der Waals surface area contributed by atoms with Crippen molar-refractivity contribution in [1.82, 2.24) is 0 Å². The van der Waals surface area contributed by atoms with E-state index in [0.717, 1.165) is 0 Å². The van der Waals surface area contributed by atoms with Gasteiger partial charge in [-0.25, -0.2) is 0 Å². The average molecular weight is 340 g/mol. The zero-order valence-electron chi connectivity index (χ0n) is 4.64. The molecule has 0 atom stereocenters. The van der Waals surface area contributed by atoms with Gasteiger partial charge in [0, 0.05) is 0 Å². The Kier molecular flexibility index (Phi) is 1310. The third kappa shape index (κ3) is 80.3. The molecular weight excluding hydrogens is 340 g/mol. The van der Waals surface area contributed by atoms with Crippen LogP contribution in [0.25, 0.3) is 0 Å². The van der Waals surface area contributed by atoms with Gasteiger partial charge >= 0.3 is 78.2 Å². The summed E-state index contributed by atoms with van der Waals surface area (Å²) in [5.41, 5.74) is 0. The number of halogens is 7. The molecule has 0 bridgehead atoms. The predicted octanol–water partition coefficient (Wildman–Crippen LogP) is -22.1. The minimum absolute atomic E-state index is 0. The third-order valence-electron chi connectivity index (χ3n) is 0. The van der Waals surface area contributed by atoms with Gasteiger partial charge in [-0.05, 0) is 0 Å². The zero-order valence-corrected chi connectivity index (χ0v) is 14.7. The van der Waals surface area contributed by atoms with Crippen molar-refractivity contribution in [1.29, 1.82) is 0 Å². The van der Waals surface area contributed by atoms with Crippen LogP contribution in [0.3, 0.4) is 0 Å². The Labute approximate surface area is 162 Å². The summed E-state index contributed by atoms with van der Waals surface area (Å²) >= 11 is 0. The van der Waals surface area contributed by atoms with Crippen molar-refractivity contribution in [3.63, 3.8) is 0 Å². The van der Waals surface area contributed by atoms with Gasteiger partial charge in [-0.15, -0.1) is 0 Å². The van der Waals surface area contributed by atoms with E-state index in [4.69, 9.17) is 0 Å². The van der Waals surface area contributed by atoms with Crippen LogP contribution in [0, 0.1) is 0 Å². The van der Waals surface area contributed by atoms with E-state index in [1.807, 2.05) is 0 Å². The van der Waals surface area contributed by atoms with Gasteiger partial charge < -0.3 is 86.8 Å². The van der Waals surface area contributed by atoms with Crippen LogP contribution in [0.1, 0.15) is 0 Å². The van der Waals surface area contributed by atoms with Gasteiger partial charge in [0.05, 0.1) is 0 Å². The summed E-state index contributed by atoms with van der Waals surface area (Å²) in [5, 5.41) is 0. The second kappa shape index (κ2) is 102. The third-order valence-corrected chi connectivity index (χ3v) is 0. The van der Waals surface area contributed by atoms with Gasteiger partial charge in [0.25, 0.3) is 0 Å². The van der Waals surface area contributed by atoms with Crippen LogP contribution in [0.5, 0.6) is 0 Å². The monoisotopic (exact) mass is 336 g/mol. The molecule has 0 heterocycles. The first-order valence-corrected chi connectivity index (χ1v) is 0. The molecule has 0 nitrogen and oxygen atoms in total. The van der Waals surface area contributed by atoms with Crippen molar-refractivity contribution in [3.8, 4) is 0 Å². The average Bonchev–Trinajstić information content (AvgIpc) is 0. The van der Waals surface area contributed by atoms with E-state index in [-0.39, 0.29) is 165 Å². The molecule has 10 heavy (non-hydrogen) atoms. The minimum Gasteiger partial charge on any atom is -1.00 e. The van der Waals surface area contributed by atoms with E-state index >= 15 is 0 Å². The maximum absolute atomic E-state index is 0. The summed E-state index contributed by atoms with van der Waals surface area (Å²) in [6.07, 6.45) is 0. The first kappa shape index (κ1) is 128. The summed E-state index contributed by atoms with van der Waals surface area (Å²) in [7, 11) is 0. The van der Waals surface area contributed by atoms with E-state index in [2.05, 4.69) is 0 Å². The van der Waals surface area contributed by atoms with Crippen LogP contribution in [-0.2, 0) is 0 Å². The van der Waals surface area contributed by atoms with Crippen molar-refractivity contribution in [2.45, 2.75) is 0 Å². The van der Waals surface area contributed by atoms with Gasteiger partial charge in [-0.3, -0.25) is 0 Å². The molecule has 0 aliphatic rings. The van der Waals surface area contributed by atoms with Gasteiger partial charge in [0.2, 0.25) is 0 Å². The first-order valence-electron chi connectivity index (χ1n) is 0. The molecule has 0 spiro atoms. The Bertz CT molecular complexity index is 13.6. The fourth-order valence-corrected chi connectivity index (χ4v) is 0. The molecule has 0 unspecified atom stereocenters. The molecule has 10 heteroatoms. The largest absolute Gasteiger partial charge is 3.00 e. The molecule has 0 radical (unpaired) electrons. The summed E-state index contributed by atoms with van der Waals surface area (Å²) in [6.45, 7) is 0. The van der Waals surface area contributed by atoms with Crippen molar-refractivity contribution >= 4 is 78.2 Å². The van der Waals surface area contributed by atoms with Gasteiger partial charge in [-0.1, -0.05) is 0 Å². The topological polar surface area (TPSA) is 0 Å². The van der Waals surface area contributed by atoms with Gasteiger partial charge in [0.15, 0.2) is 0 Å². The Hall–Kier alpha value is 4.59. The van der Waals surface area contributed by atoms with E-state index in [1.165, 1.54) is 0 Å². The van der Waals surface area contributed by atoms with Crippen molar-refractivity contribution in [2.24, 2.45) is 0 Å². The molecule has 0 saturated carbocycles. The first-order chi connectivity index (χ1) is 0. The molecule has 0 aromatic heterocycles. The van der Waals surface area contributed by atoms with E-state index < -0.39 is 0 Å². The van der Waals surface area contributed by atoms with E-state index in [9.17, 15) is 0 Å². The molecule has 0 aromatic carbocycles. The second-order valence-electron chi connectivity index (χ2n) is 0. The molecule has 0 rings (SSSR count). The SMILES string of the molecule is [Al+3].[Ca+2].[Cl-].[Cl-].[Cl-].[Cl-].[Cl-].[Cl-].[Cl-].[Mg+2]. The second-order valence-corrected chi connectivity index (χ2v) is 0. The molecule has 0 aromatic rings. The summed E-state index contributed by atoms with van der Waals surface area (Å²) in [5.74, 6) is 0. The Morgan fingerprint density at radius 3 is 0.400 bits per heavy atom. The summed E-state index contributed by atoms with van der Waals surface area (Å²) in [4.78, 5) is 0. The van der Waals surface area contributed by atoms with Gasteiger partial charge in [-0.2, -0.15) is 0 Å². The molecule has 0 N–H and O–H groups in total. The molecule has 0 aliphatic carbocycles.